The predicted molar refractivity (Wildman–Crippen MR) is 88.9 cm³/mol. The van der Waals surface area contributed by atoms with Crippen LogP contribution < -0.4 is 0 Å². The average molecular weight is 334 g/mol. The van der Waals surface area contributed by atoms with Crippen LogP contribution in [0.25, 0.3) is 0 Å². The molecular formula is C18H27FN4O. The highest BCUT2D eigenvalue weighted by molar-refractivity contribution is 5.81. The predicted octanol–water partition coefficient (Wildman–Crippen LogP) is 1.84. The fraction of sp³-hybridized carbons (Fsp3) is 0.778. The highest BCUT2D eigenvalue weighted by Crippen LogP contribution is 2.54. The number of carbonyl (C=O) groups excluding carboxylic acids is 1. The van der Waals surface area contributed by atoms with E-state index in [0.717, 1.165) is 18.0 Å². The Labute approximate surface area is 142 Å². The molecule has 0 unspecified atom stereocenters. The lowest BCUT2D eigenvalue weighted by Gasteiger charge is -2.28. The Balaban J connectivity index is 1.35. The second-order valence-electron chi connectivity index (χ2n) is 7.92. The van der Waals surface area contributed by atoms with Crippen molar-refractivity contribution in [3.63, 3.8) is 0 Å². The second kappa shape index (κ2) is 6.14. The molecule has 3 aliphatic rings. The molecule has 1 aliphatic heterocycles. The van der Waals surface area contributed by atoms with Crippen LogP contribution in [0.3, 0.4) is 0 Å². The highest BCUT2D eigenvalue weighted by Gasteiger charge is 2.52. The summed E-state index contributed by atoms with van der Waals surface area (Å²) in [6, 6.07) is 2.07. The van der Waals surface area contributed by atoms with Crippen LogP contribution in [0.15, 0.2) is 12.3 Å². The van der Waals surface area contributed by atoms with Gasteiger partial charge in [0, 0.05) is 51.9 Å². The number of nitrogens with zero attached hydrogens (tertiary/aromatic N) is 4. The number of alkyl halides is 1. The van der Waals surface area contributed by atoms with Crippen molar-refractivity contribution in [1.29, 1.82) is 0 Å². The minimum Gasteiger partial charge on any atom is -0.344 e. The molecule has 5 nitrogen and oxygen atoms in total. The topological polar surface area (TPSA) is 41.4 Å². The van der Waals surface area contributed by atoms with E-state index in [1.165, 1.54) is 12.8 Å². The van der Waals surface area contributed by atoms with Gasteiger partial charge in [-0.15, -0.1) is 0 Å². The molecule has 4 rings (SSSR count). The Morgan fingerprint density at radius 1 is 1.42 bits per heavy atom. The first-order chi connectivity index (χ1) is 11.5. The molecule has 132 valence electrons. The molecular weight excluding hydrogens is 307 g/mol. The summed E-state index contributed by atoms with van der Waals surface area (Å²) in [6.45, 7) is 1.77. The van der Waals surface area contributed by atoms with Crippen molar-refractivity contribution in [3.8, 4) is 0 Å². The van der Waals surface area contributed by atoms with Crippen LogP contribution in [0.2, 0.25) is 0 Å². The lowest BCUT2D eigenvalue weighted by molar-refractivity contribution is -0.132. The number of rotatable bonds is 6. The number of likely N-dealkylation sites (N-methyl/N-ethyl adjacent to an activating group) is 1. The van der Waals surface area contributed by atoms with Crippen LogP contribution in [-0.2, 0) is 18.4 Å². The fourth-order valence-corrected chi connectivity index (χ4v) is 4.30. The number of halogens is 1. The SMILES string of the molecule is CN(C[C@@H]1C[C@H](F)CN1Cc1ccnn1C)C(=O)[C@@H]1C[C@@H]1C1CC1. The van der Waals surface area contributed by atoms with E-state index in [1.807, 2.05) is 29.7 Å². The van der Waals surface area contributed by atoms with Crippen LogP contribution in [0.1, 0.15) is 31.4 Å². The van der Waals surface area contributed by atoms with Crippen molar-refractivity contribution in [2.45, 2.75) is 44.4 Å². The van der Waals surface area contributed by atoms with Gasteiger partial charge < -0.3 is 4.90 Å². The molecule has 0 N–H and O–H groups in total. The summed E-state index contributed by atoms with van der Waals surface area (Å²) in [5.41, 5.74) is 1.08. The van der Waals surface area contributed by atoms with Gasteiger partial charge in [0.2, 0.25) is 5.91 Å². The summed E-state index contributed by atoms with van der Waals surface area (Å²) in [4.78, 5) is 16.6. The number of amides is 1. The zero-order valence-electron chi connectivity index (χ0n) is 14.6. The Morgan fingerprint density at radius 3 is 2.88 bits per heavy atom. The summed E-state index contributed by atoms with van der Waals surface area (Å²) in [6.07, 6.45) is 5.18. The third-order valence-corrected chi connectivity index (χ3v) is 6.01. The Morgan fingerprint density at radius 2 is 2.21 bits per heavy atom. The zero-order valence-corrected chi connectivity index (χ0v) is 14.6. The van der Waals surface area contributed by atoms with Gasteiger partial charge in [-0.05, 0) is 43.6 Å². The van der Waals surface area contributed by atoms with Crippen LogP contribution in [0, 0.1) is 17.8 Å². The van der Waals surface area contributed by atoms with E-state index in [0.29, 0.717) is 32.0 Å². The van der Waals surface area contributed by atoms with Gasteiger partial charge in [0.15, 0.2) is 0 Å². The minimum atomic E-state index is -0.799. The van der Waals surface area contributed by atoms with E-state index in [2.05, 4.69) is 10.00 Å². The van der Waals surface area contributed by atoms with Crippen LogP contribution in [0.5, 0.6) is 0 Å². The molecule has 0 radical (unpaired) electrons. The molecule has 4 atom stereocenters. The van der Waals surface area contributed by atoms with E-state index in [9.17, 15) is 9.18 Å². The number of likely N-dealkylation sites (tertiary alicyclic amines) is 1. The quantitative estimate of drug-likeness (QED) is 0.797. The van der Waals surface area contributed by atoms with Crippen molar-refractivity contribution in [2.75, 3.05) is 20.1 Å². The smallest absolute Gasteiger partial charge is 0.225 e. The average Bonchev–Trinajstić information content (AvgIpc) is 3.43. The Hall–Kier alpha value is -1.43. The highest BCUT2D eigenvalue weighted by atomic mass is 19.1. The van der Waals surface area contributed by atoms with Crippen LogP contribution in [-0.4, -0.2) is 57.8 Å². The van der Waals surface area contributed by atoms with Gasteiger partial charge in [-0.2, -0.15) is 5.10 Å². The van der Waals surface area contributed by atoms with E-state index in [1.54, 1.807) is 6.20 Å². The Kier molecular flexibility index (Phi) is 4.11. The van der Waals surface area contributed by atoms with Gasteiger partial charge >= 0.3 is 0 Å². The van der Waals surface area contributed by atoms with E-state index < -0.39 is 6.17 Å². The summed E-state index contributed by atoms with van der Waals surface area (Å²) < 4.78 is 15.8. The molecule has 0 bridgehead atoms. The Bertz CT molecular complexity index is 614. The van der Waals surface area contributed by atoms with Crippen LogP contribution >= 0.6 is 0 Å². The van der Waals surface area contributed by atoms with Gasteiger partial charge in [-0.1, -0.05) is 0 Å². The van der Waals surface area contributed by atoms with Crippen molar-refractivity contribution in [1.82, 2.24) is 19.6 Å². The fourth-order valence-electron chi connectivity index (χ4n) is 4.30. The molecule has 2 aliphatic carbocycles. The second-order valence-corrected chi connectivity index (χ2v) is 7.92. The van der Waals surface area contributed by atoms with E-state index in [-0.39, 0.29) is 17.9 Å². The maximum Gasteiger partial charge on any atom is 0.225 e. The van der Waals surface area contributed by atoms with Gasteiger partial charge in [0.25, 0.3) is 0 Å². The third kappa shape index (κ3) is 3.21. The summed E-state index contributed by atoms with van der Waals surface area (Å²) in [5.74, 6) is 1.98. The molecule has 0 aromatic carbocycles. The molecule has 1 aromatic rings. The van der Waals surface area contributed by atoms with Gasteiger partial charge in [-0.25, -0.2) is 4.39 Å². The summed E-state index contributed by atoms with van der Waals surface area (Å²) in [7, 11) is 3.80. The third-order valence-electron chi connectivity index (χ3n) is 6.01. The van der Waals surface area contributed by atoms with E-state index >= 15 is 0 Å². The number of carbonyl (C=O) groups is 1. The first-order valence-corrected chi connectivity index (χ1v) is 9.13. The van der Waals surface area contributed by atoms with Crippen molar-refractivity contribution >= 4 is 5.91 Å². The number of hydrogen-bond acceptors (Lipinski definition) is 3. The molecule has 2 heterocycles. The largest absolute Gasteiger partial charge is 0.344 e. The maximum absolute atomic E-state index is 14.0. The molecule has 1 aromatic heterocycles. The molecule has 24 heavy (non-hydrogen) atoms. The number of aryl methyl sites for hydroxylation is 1. The first-order valence-electron chi connectivity index (χ1n) is 9.13. The normalized spacial score (nSPS) is 33.0. The number of aromatic nitrogens is 2. The van der Waals surface area contributed by atoms with Crippen molar-refractivity contribution in [3.05, 3.63) is 18.0 Å². The van der Waals surface area contributed by atoms with Crippen molar-refractivity contribution in [2.24, 2.45) is 24.8 Å². The number of hydrogen-bond donors (Lipinski definition) is 0. The van der Waals surface area contributed by atoms with Gasteiger partial charge in [0.1, 0.15) is 6.17 Å². The van der Waals surface area contributed by atoms with Crippen LogP contribution in [0.4, 0.5) is 4.39 Å². The zero-order chi connectivity index (χ0) is 16.8. The minimum absolute atomic E-state index is 0.0991. The lowest BCUT2D eigenvalue weighted by atomic mass is 10.1. The molecule has 0 spiro atoms. The first kappa shape index (κ1) is 16.1. The van der Waals surface area contributed by atoms with Crippen molar-refractivity contribution < 1.29 is 9.18 Å². The molecule has 1 amide bonds. The molecule has 1 saturated heterocycles. The van der Waals surface area contributed by atoms with E-state index in [4.69, 9.17) is 0 Å². The monoisotopic (exact) mass is 334 g/mol. The summed E-state index contributed by atoms with van der Waals surface area (Å²) >= 11 is 0. The molecule has 6 heteroatoms. The lowest BCUT2D eigenvalue weighted by Crippen LogP contribution is -2.41. The molecule has 3 fully saturated rings. The molecule has 2 saturated carbocycles. The van der Waals surface area contributed by atoms with Gasteiger partial charge in [0.05, 0.1) is 5.69 Å². The summed E-state index contributed by atoms with van der Waals surface area (Å²) in [5, 5.41) is 4.19. The standard InChI is InChI=1S/C18H27FN4O/c1-21(18(24)17-8-16(17)12-3-4-12)10-15-7-13(19)9-23(15)11-14-5-6-20-22(14)2/h5-6,12-13,15-17H,3-4,7-11H2,1-2H3/t13-,15-,16+,17+/m0/s1. The maximum atomic E-state index is 14.0. The van der Waals surface area contributed by atoms with Gasteiger partial charge in [-0.3, -0.25) is 14.4 Å².